The number of aryl methyl sites for hydroxylation is 1. The molecule has 2 aliphatic rings. The predicted molar refractivity (Wildman–Crippen MR) is 160 cm³/mol. The van der Waals surface area contributed by atoms with Crippen LogP contribution in [-0.4, -0.2) is 43.2 Å². The highest BCUT2D eigenvalue weighted by molar-refractivity contribution is 6.29. The normalized spacial score (nSPS) is 16.6. The van der Waals surface area contributed by atoms with E-state index >= 15 is 0 Å². The Bertz CT molecular complexity index is 1270. The van der Waals surface area contributed by atoms with Gasteiger partial charge in [-0.1, -0.05) is 23.8 Å². The predicted octanol–water partition coefficient (Wildman–Crippen LogP) is 6.46. The van der Waals surface area contributed by atoms with Crippen LogP contribution in [-0.2, 0) is 19.0 Å². The Kier molecular flexibility index (Phi) is 12.2. The summed E-state index contributed by atoms with van der Waals surface area (Å²) in [5.74, 6) is 3.01. The van der Waals surface area contributed by atoms with Gasteiger partial charge in [0.1, 0.15) is 29.4 Å². The van der Waals surface area contributed by atoms with Gasteiger partial charge in [0.25, 0.3) is 0 Å². The molecule has 1 saturated carbocycles. The number of rotatable bonds is 14. The zero-order valence-electron chi connectivity index (χ0n) is 23.9. The minimum absolute atomic E-state index is 0.390. The summed E-state index contributed by atoms with van der Waals surface area (Å²) in [5.41, 5.74) is 2.71. The molecule has 1 aromatic rings. The van der Waals surface area contributed by atoms with Gasteiger partial charge in [-0.3, -0.25) is 0 Å². The number of nitrogens with zero attached hydrogens (tertiary/aromatic N) is 2. The number of allylic oxidation sites excluding steroid dienone is 8. The summed E-state index contributed by atoms with van der Waals surface area (Å²) in [6, 6.07) is 0. The van der Waals surface area contributed by atoms with E-state index in [0.29, 0.717) is 53.1 Å². The van der Waals surface area contributed by atoms with Crippen LogP contribution in [0, 0.1) is 12.8 Å². The minimum atomic E-state index is -0.390. The van der Waals surface area contributed by atoms with Crippen molar-refractivity contribution in [2.45, 2.75) is 46.5 Å². The van der Waals surface area contributed by atoms with Gasteiger partial charge >= 0.3 is 5.97 Å². The molecule has 40 heavy (non-hydrogen) atoms. The molecule has 0 atom stereocenters. The Morgan fingerprint density at radius 3 is 2.73 bits per heavy atom. The average molecular weight is 567 g/mol. The van der Waals surface area contributed by atoms with Gasteiger partial charge in [0.05, 0.1) is 24.4 Å². The van der Waals surface area contributed by atoms with Crippen molar-refractivity contribution < 1.29 is 19.0 Å². The first-order valence-corrected chi connectivity index (χ1v) is 13.8. The number of carbonyl (C=O) groups is 1. The van der Waals surface area contributed by atoms with Crippen LogP contribution in [0.25, 0.3) is 6.08 Å². The monoisotopic (exact) mass is 566 g/mol. The van der Waals surface area contributed by atoms with Crippen molar-refractivity contribution in [2.75, 3.05) is 32.6 Å². The van der Waals surface area contributed by atoms with Crippen molar-refractivity contribution in [3.05, 3.63) is 93.7 Å². The topological polar surface area (TPSA) is 94.6 Å². The fourth-order valence-electron chi connectivity index (χ4n) is 3.70. The first kappa shape index (κ1) is 30.9. The molecule has 1 fully saturated rings. The van der Waals surface area contributed by atoms with E-state index < -0.39 is 0 Å². The molecule has 0 aliphatic heterocycles. The molecule has 1 aromatic heterocycles. The number of anilines is 1. The Hall–Kier alpha value is -3.62. The Morgan fingerprint density at radius 2 is 2.05 bits per heavy atom. The molecule has 0 aromatic carbocycles. The zero-order chi connectivity index (χ0) is 28.9. The van der Waals surface area contributed by atoms with Crippen molar-refractivity contribution in [3.8, 4) is 0 Å². The second kappa shape index (κ2) is 15.8. The number of nitrogens with one attached hydrogen (secondary N) is 2. The molecule has 1 heterocycles. The number of halogens is 1. The summed E-state index contributed by atoms with van der Waals surface area (Å²) in [5, 5.41) is 6.91. The highest BCUT2D eigenvalue weighted by Gasteiger charge is 2.22. The first-order chi connectivity index (χ1) is 19.3. The van der Waals surface area contributed by atoms with E-state index in [2.05, 4.69) is 20.6 Å². The van der Waals surface area contributed by atoms with Gasteiger partial charge in [-0.25, -0.2) is 14.8 Å². The van der Waals surface area contributed by atoms with Crippen molar-refractivity contribution in [1.82, 2.24) is 15.3 Å². The molecule has 8 nitrogen and oxygen atoms in total. The third-order valence-electron chi connectivity index (χ3n) is 6.29. The van der Waals surface area contributed by atoms with E-state index in [4.69, 9.17) is 25.8 Å². The number of hydrogen-bond acceptors (Lipinski definition) is 8. The fourth-order valence-corrected chi connectivity index (χ4v) is 3.80. The van der Waals surface area contributed by atoms with E-state index in [-0.39, 0.29) is 5.97 Å². The van der Waals surface area contributed by atoms with Gasteiger partial charge in [0, 0.05) is 23.3 Å². The lowest BCUT2D eigenvalue weighted by Gasteiger charge is -2.13. The molecular formula is C31H39ClN4O4. The molecule has 0 unspecified atom stereocenters. The number of carbonyl (C=O) groups excluding carboxylic acids is 1. The summed E-state index contributed by atoms with van der Waals surface area (Å²) < 4.78 is 17.0. The second-order valence-electron chi connectivity index (χ2n) is 9.50. The van der Waals surface area contributed by atoms with E-state index in [1.165, 1.54) is 26.3 Å². The van der Waals surface area contributed by atoms with E-state index in [1.54, 1.807) is 13.0 Å². The summed E-state index contributed by atoms with van der Waals surface area (Å²) in [6.45, 7) is 6.96. The molecule has 0 saturated heterocycles. The van der Waals surface area contributed by atoms with Gasteiger partial charge in [-0.05, 0) is 96.0 Å². The standard InChI is InChI=1S/C31H39ClN4O4/c1-6-25(36-30-28(22(3)34-20-35-30)18-24(16-17-33-4)31(37)38-5)12-15-29(21(2)32)40-27-9-7-8-26(13-14-27)39-19-23-10-11-23/h6-9,12-13,15,18,20,23,33H,10-11,14,16-17,19H2,1-5H3,(H,34,35,36)/b15-12-,24-18+,25-6+,29-21-. The minimum Gasteiger partial charge on any atom is -0.494 e. The lowest BCUT2D eigenvalue weighted by molar-refractivity contribution is -0.136. The van der Waals surface area contributed by atoms with E-state index in [0.717, 1.165) is 29.5 Å². The summed E-state index contributed by atoms with van der Waals surface area (Å²) in [4.78, 5) is 21.1. The highest BCUT2D eigenvalue weighted by Crippen LogP contribution is 2.30. The molecule has 0 spiro atoms. The SMILES string of the molecule is C\C=C(/C=C\C(OC1=CC=CC(OCC2CC2)=CC1)=C(/C)Cl)Nc1ncnc(C)c1/C=C(\CCNC)C(=O)OC. The summed E-state index contributed by atoms with van der Waals surface area (Å²) in [7, 11) is 3.21. The Morgan fingerprint density at radius 1 is 1.25 bits per heavy atom. The molecule has 0 amide bonds. The van der Waals surface area contributed by atoms with E-state index in [1.807, 2.05) is 63.4 Å². The molecule has 0 radical (unpaired) electrons. The summed E-state index contributed by atoms with van der Waals surface area (Å²) in [6.07, 6.45) is 20.3. The smallest absolute Gasteiger partial charge is 0.333 e. The van der Waals surface area contributed by atoms with Gasteiger partial charge in [0.2, 0.25) is 0 Å². The van der Waals surface area contributed by atoms with Gasteiger partial charge < -0.3 is 24.8 Å². The van der Waals surface area contributed by atoms with Crippen LogP contribution >= 0.6 is 11.6 Å². The number of ether oxygens (including phenoxy) is 3. The maximum Gasteiger partial charge on any atom is 0.333 e. The van der Waals surface area contributed by atoms with Crippen LogP contribution in [0.15, 0.2) is 82.4 Å². The van der Waals surface area contributed by atoms with Gasteiger partial charge in [-0.15, -0.1) is 0 Å². The van der Waals surface area contributed by atoms with Gasteiger partial charge in [0.15, 0.2) is 0 Å². The highest BCUT2D eigenvalue weighted by atomic mass is 35.5. The Labute approximate surface area is 242 Å². The molecule has 9 heteroatoms. The van der Waals surface area contributed by atoms with Crippen molar-refractivity contribution >= 4 is 29.5 Å². The van der Waals surface area contributed by atoms with Gasteiger partial charge in [-0.2, -0.15) is 0 Å². The maximum absolute atomic E-state index is 12.4. The van der Waals surface area contributed by atoms with Crippen LogP contribution in [0.1, 0.15) is 50.8 Å². The molecule has 2 aliphatic carbocycles. The maximum atomic E-state index is 12.4. The van der Waals surface area contributed by atoms with Crippen LogP contribution in [0.4, 0.5) is 5.82 Å². The van der Waals surface area contributed by atoms with Crippen LogP contribution in [0.3, 0.4) is 0 Å². The Balaban J connectivity index is 1.74. The molecular weight excluding hydrogens is 528 g/mol. The van der Waals surface area contributed by atoms with Crippen LogP contribution in [0.5, 0.6) is 0 Å². The average Bonchev–Trinajstić information content (AvgIpc) is 3.79. The number of methoxy groups -OCH3 is 1. The fraction of sp³-hybridized carbons (Fsp3) is 0.387. The molecule has 214 valence electrons. The largest absolute Gasteiger partial charge is 0.494 e. The third kappa shape index (κ3) is 9.84. The number of hydrogen-bond donors (Lipinski definition) is 2. The number of esters is 1. The lowest BCUT2D eigenvalue weighted by Crippen LogP contribution is -2.14. The van der Waals surface area contributed by atoms with Crippen LogP contribution < -0.4 is 10.6 Å². The van der Waals surface area contributed by atoms with Crippen LogP contribution in [0.2, 0.25) is 0 Å². The zero-order valence-corrected chi connectivity index (χ0v) is 24.7. The first-order valence-electron chi connectivity index (χ1n) is 13.5. The lowest BCUT2D eigenvalue weighted by atomic mass is 10.1. The second-order valence-corrected chi connectivity index (χ2v) is 10.1. The van der Waals surface area contributed by atoms with E-state index in [9.17, 15) is 4.79 Å². The quantitative estimate of drug-likeness (QED) is 0.115. The van der Waals surface area contributed by atoms with Crippen molar-refractivity contribution in [3.63, 3.8) is 0 Å². The van der Waals surface area contributed by atoms with Crippen molar-refractivity contribution in [1.29, 1.82) is 0 Å². The third-order valence-corrected chi connectivity index (χ3v) is 6.48. The summed E-state index contributed by atoms with van der Waals surface area (Å²) >= 11 is 6.40. The molecule has 0 bridgehead atoms. The molecule has 3 rings (SSSR count). The van der Waals surface area contributed by atoms with Crippen molar-refractivity contribution in [2.24, 2.45) is 5.92 Å². The number of aromatic nitrogens is 2. The molecule has 2 N–H and O–H groups in total.